The molecule has 0 bridgehead atoms. The first-order chi connectivity index (χ1) is 8.64. The van der Waals surface area contributed by atoms with Gasteiger partial charge in [-0.1, -0.05) is 13.8 Å². The van der Waals surface area contributed by atoms with Gasteiger partial charge in [-0.15, -0.1) is 0 Å². The highest BCUT2D eigenvalue weighted by atomic mass is 32.2. The van der Waals surface area contributed by atoms with Crippen LogP contribution in [0.1, 0.15) is 33.1 Å². The number of likely N-dealkylation sites (tertiary alicyclic amines) is 1. The van der Waals surface area contributed by atoms with Crippen LogP contribution in [0.25, 0.3) is 0 Å². The summed E-state index contributed by atoms with van der Waals surface area (Å²) in [6, 6.07) is 0.734. The molecule has 2 saturated heterocycles. The molecule has 106 valence electrons. The lowest BCUT2D eigenvalue weighted by molar-refractivity contribution is 0.0422. The first-order valence-corrected chi connectivity index (χ1v) is 8.46. The average molecular weight is 271 g/mol. The van der Waals surface area contributed by atoms with Crippen molar-refractivity contribution in [2.24, 2.45) is 5.73 Å². The molecule has 18 heavy (non-hydrogen) atoms. The van der Waals surface area contributed by atoms with Gasteiger partial charge in [-0.2, -0.15) is 11.8 Å². The molecule has 0 aromatic rings. The van der Waals surface area contributed by atoms with Crippen LogP contribution in [0.15, 0.2) is 0 Å². The molecule has 3 nitrogen and oxygen atoms in total. The van der Waals surface area contributed by atoms with Crippen LogP contribution in [-0.2, 0) is 0 Å². The molecular weight excluding hydrogens is 242 g/mol. The lowest BCUT2D eigenvalue weighted by atomic mass is 9.87. The zero-order valence-corrected chi connectivity index (χ0v) is 13.0. The van der Waals surface area contributed by atoms with Gasteiger partial charge in [0, 0.05) is 23.4 Å². The summed E-state index contributed by atoms with van der Waals surface area (Å²) in [6.07, 6.45) is 3.88. The van der Waals surface area contributed by atoms with Crippen molar-refractivity contribution in [2.75, 3.05) is 39.0 Å². The summed E-state index contributed by atoms with van der Waals surface area (Å²) >= 11 is 2.09. The molecule has 2 atom stereocenters. The number of likely N-dealkylation sites (N-methyl/N-ethyl adjacent to an activating group) is 1. The fraction of sp³-hybridized carbons (Fsp3) is 1.00. The van der Waals surface area contributed by atoms with Crippen molar-refractivity contribution in [3.05, 3.63) is 0 Å². The molecule has 2 heterocycles. The molecule has 2 fully saturated rings. The second-order valence-electron chi connectivity index (χ2n) is 5.85. The van der Waals surface area contributed by atoms with Gasteiger partial charge in [0.1, 0.15) is 0 Å². The Morgan fingerprint density at radius 1 is 1.39 bits per heavy atom. The van der Waals surface area contributed by atoms with Gasteiger partial charge in [-0.3, -0.25) is 4.90 Å². The predicted molar refractivity (Wildman–Crippen MR) is 81.2 cm³/mol. The molecule has 0 radical (unpaired) electrons. The van der Waals surface area contributed by atoms with E-state index < -0.39 is 0 Å². The van der Waals surface area contributed by atoms with Crippen LogP contribution in [0, 0.1) is 0 Å². The fourth-order valence-electron chi connectivity index (χ4n) is 3.63. The maximum absolute atomic E-state index is 6.15. The Labute approximate surface area is 116 Å². The summed E-state index contributed by atoms with van der Waals surface area (Å²) in [7, 11) is 2.32. The number of piperidine rings is 1. The van der Waals surface area contributed by atoms with Crippen LogP contribution >= 0.6 is 11.8 Å². The van der Waals surface area contributed by atoms with E-state index in [1.165, 1.54) is 44.6 Å². The standard InChI is InChI=1S/C14H29N3S/c1-4-17-8-5-13(6-9-17)16(3)14(11-15)7-10-18-12(14)2/h12-13H,4-11,15H2,1-3H3. The number of rotatable bonds is 4. The zero-order valence-electron chi connectivity index (χ0n) is 12.2. The lowest BCUT2D eigenvalue weighted by Crippen LogP contribution is -2.60. The van der Waals surface area contributed by atoms with Crippen LogP contribution in [0.4, 0.5) is 0 Å². The highest BCUT2D eigenvalue weighted by molar-refractivity contribution is 8.00. The predicted octanol–water partition coefficient (Wildman–Crippen LogP) is 1.63. The first-order valence-electron chi connectivity index (χ1n) is 7.41. The molecule has 0 aromatic carbocycles. The Morgan fingerprint density at radius 3 is 2.50 bits per heavy atom. The van der Waals surface area contributed by atoms with Crippen molar-refractivity contribution in [1.29, 1.82) is 0 Å². The minimum atomic E-state index is 0.254. The van der Waals surface area contributed by atoms with Crippen LogP contribution in [0.2, 0.25) is 0 Å². The summed E-state index contributed by atoms with van der Waals surface area (Å²) in [6.45, 7) is 9.15. The third kappa shape index (κ3) is 2.58. The van der Waals surface area contributed by atoms with Crippen LogP contribution in [0.5, 0.6) is 0 Å². The molecule has 0 spiro atoms. The van der Waals surface area contributed by atoms with Crippen LogP contribution in [0.3, 0.4) is 0 Å². The van der Waals surface area contributed by atoms with Gasteiger partial charge < -0.3 is 10.6 Å². The zero-order chi connectivity index (χ0) is 13.2. The Kier molecular flexibility index (Phi) is 4.98. The highest BCUT2D eigenvalue weighted by Crippen LogP contribution is 2.40. The van der Waals surface area contributed by atoms with Gasteiger partial charge in [0.25, 0.3) is 0 Å². The van der Waals surface area contributed by atoms with Gasteiger partial charge in [0.15, 0.2) is 0 Å². The fourth-order valence-corrected chi connectivity index (χ4v) is 5.15. The molecular formula is C14H29N3S. The van der Waals surface area contributed by atoms with Crippen LogP contribution < -0.4 is 5.73 Å². The lowest BCUT2D eigenvalue weighted by Gasteiger charge is -2.47. The molecule has 2 aliphatic heterocycles. The second-order valence-corrected chi connectivity index (χ2v) is 7.30. The maximum atomic E-state index is 6.15. The van der Waals surface area contributed by atoms with E-state index in [1.807, 2.05) is 0 Å². The molecule has 2 aliphatic rings. The third-order valence-electron chi connectivity index (χ3n) is 5.27. The summed E-state index contributed by atoms with van der Waals surface area (Å²) in [4.78, 5) is 5.21. The minimum Gasteiger partial charge on any atom is -0.329 e. The maximum Gasteiger partial charge on any atom is 0.0455 e. The van der Waals surface area contributed by atoms with E-state index >= 15 is 0 Å². The van der Waals surface area contributed by atoms with Gasteiger partial charge in [0.2, 0.25) is 0 Å². The molecule has 2 unspecified atom stereocenters. The normalized spacial score (nSPS) is 35.5. The van der Waals surface area contributed by atoms with E-state index in [1.54, 1.807) is 0 Å². The first kappa shape index (κ1) is 14.6. The Balaban J connectivity index is 2.00. The van der Waals surface area contributed by atoms with Gasteiger partial charge >= 0.3 is 0 Å². The Morgan fingerprint density at radius 2 is 2.06 bits per heavy atom. The van der Waals surface area contributed by atoms with E-state index in [0.717, 1.165) is 12.6 Å². The smallest absolute Gasteiger partial charge is 0.0455 e. The Hall–Kier alpha value is 0.230. The van der Waals surface area contributed by atoms with E-state index in [-0.39, 0.29) is 5.54 Å². The SMILES string of the molecule is CCN1CCC(N(C)C2(CN)CCSC2C)CC1. The van der Waals surface area contributed by atoms with Crippen molar-refractivity contribution >= 4 is 11.8 Å². The molecule has 0 aliphatic carbocycles. The number of thioether (sulfide) groups is 1. The number of nitrogens with zero attached hydrogens (tertiary/aromatic N) is 2. The Bertz CT molecular complexity index is 266. The summed E-state index contributed by atoms with van der Waals surface area (Å²) in [5, 5.41) is 0.678. The van der Waals surface area contributed by atoms with E-state index in [2.05, 4.69) is 42.5 Å². The van der Waals surface area contributed by atoms with Crippen molar-refractivity contribution in [3.63, 3.8) is 0 Å². The largest absolute Gasteiger partial charge is 0.329 e. The second kappa shape index (κ2) is 6.12. The summed E-state index contributed by atoms with van der Waals surface area (Å²) in [5.74, 6) is 1.27. The van der Waals surface area contributed by atoms with E-state index in [4.69, 9.17) is 5.73 Å². The van der Waals surface area contributed by atoms with Crippen molar-refractivity contribution < 1.29 is 0 Å². The molecule has 0 amide bonds. The minimum absolute atomic E-state index is 0.254. The van der Waals surface area contributed by atoms with E-state index in [9.17, 15) is 0 Å². The summed E-state index contributed by atoms with van der Waals surface area (Å²) in [5.41, 5.74) is 6.41. The van der Waals surface area contributed by atoms with Gasteiger partial charge in [-0.05, 0) is 51.7 Å². The van der Waals surface area contributed by atoms with Crippen molar-refractivity contribution in [3.8, 4) is 0 Å². The monoisotopic (exact) mass is 271 g/mol. The van der Waals surface area contributed by atoms with Gasteiger partial charge in [0.05, 0.1) is 0 Å². The molecule has 0 aromatic heterocycles. The topological polar surface area (TPSA) is 32.5 Å². The quantitative estimate of drug-likeness (QED) is 0.842. The summed E-state index contributed by atoms with van der Waals surface area (Å²) < 4.78 is 0. The number of hydrogen-bond acceptors (Lipinski definition) is 4. The number of hydrogen-bond donors (Lipinski definition) is 1. The highest BCUT2D eigenvalue weighted by Gasteiger charge is 2.45. The molecule has 4 heteroatoms. The average Bonchev–Trinajstić information content (AvgIpc) is 2.80. The molecule has 2 rings (SSSR count). The number of nitrogens with two attached hydrogens (primary N) is 1. The van der Waals surface area contributed by atoms with E-state index in [0.29, 0.717) is 5.25 Å². The van der Waals surface area contributed by atoms with Crippen molar-refractivity contribution in [2.45, 2.75) is 49.9 Å². The molecule has 0 saturated carbocycles. The van der Waals surface area contributed by atoms with Crippen molar-refractivity contribution in [1.82, 2.24) is 9.80 Å². The van der Waals surface area contributed by atoms with Crippen LogP contribution in [-0.4, -0.2) is 65.6 Å². The third-order valence-corrected chi connectivity index (χ3v) is 6.65. The molecule has 2 N–H and O–H groups in total. The van der Waals surface area contributed by atoms with Gasteiger partial charge in [-0.25, -0.2) is 0 Å².